The van der Waals surface area contributed by atoms with Crippen molar-refractivity contribution in [2.45, 2.75) is 219 Å². The highest BCUT2D eigenvalue weighted by atomic mass is 16.3. The zero-order valence-electron chi connectivity index (χ0n) is 40.1. The molecule has 0 aromatic heterocycles. The minimum Gasteiger partial charge on any atom is -0.394 e. The van der Waals surface area contributed by atoms with E-state index in [0.29, 0.717) is 6.42 Å². The minimum absolute atomic E-state index is 0.0777. The Hall–Kier alpha value is -3.47. The zero-order chi connectivity index (χ0) is 44.9. The summed E-state index contributed by atoms with van der Waals surface area (Å²) in [4.78, 5) is 12.4. The maximum absolute atomic E-state index is 12.4. The largest absolute Gasteiger partial charge is 0.394 e. The molecule has 0 rings (SSSR count). The Morgan fingerprint density at radius 2 is 0.710 bits per heavy atom. The molecule has 2 unspecified atom stereocenters. The normalized spacial score (nSPS) is 14.1. The summed E-state index contributed by atoms with van der Waals surface area (Å²) in [6.07, 6.45) is 81.6. The van der Waals surface area contributed by atoms with Crippen molar-refractivity contribution in [1.82, 2.24) is 5.32 Å². The van der Waals surface area contributed by atoms with Gasteiger partial charge >= 0.3 is 0 Å². The Bertz CT molecular complexity index is 1290. The molecule has 0 aromatic rings. The summed E-state index contributed by atoms with van der Waals surface area (Å²) in [6, 6.07) is -0.630. The summed E-state index contributed by atoms with van der Waals surface area (Å²) in [5, 5.41) is 22.9. The SMILES string of the molecule is CC/C=C\C/C=C\C/C=C\C/C=C\C/C=C\C/C=C\C/C=C\C/C=C\C/C=C\C/C=C\CCCCCCCCCCCCC(=O)NC(CO)C(O)/C=C/CCCCCCCCC. The molecule has 4 heteroatoms. The summed E-state index contributed by atoms with van der Waals surface area (Å²) < 4.78 is 0. The van der Waals surface area contributed by atoms with E-state index >= 15 is 0 Å². The van der Waals surface area contributed by atoms with Crippen LogP contribution in [0.4, 0.5) is 0 Å². The minimum atomic E-state index is -0.846. The second kappa shape index (κ2) is 51.9. The Morgan fingerprint density at radius 3 is 1.06 bits per heavy atom. The van der Waals surface area contributed by atoms with Gasteiger partial charge in [-0.25, -0.2) is 0 Å². The Morgan fingerprint density at radius 1 is 0.403 bits per heavy atom. The lowest BCUT2D eigenvalue weighted by atomic mass is 10.0. The quantitative estimate of drug-likeness (QED) is 0.0422. The number of aliphatic hydroxyl groups excluding tert-OH is 2. The molecular formula is C58H95NO3. The average Bonchev–Trinajstić information content (AvgIpc) is 3.28. The van der Waals surface area contributed by atoms with Crippen molar-refractivity contribution in [1.29, 1.82) is 0 Å². The highest BCUT2D eigenvalue weighted by molar-refractivity contribution is 5.76. The molecule has 0 radical (unpaired) electrons. The summed E-state index contributed by atoms with van der Waals surface area (Å²) in [5.74, 6) is -0.0777. The van der Waals surface area contributed by atoms with Gasteiger partial charge in [-0.3, -0.25) is 4.79 Å². The van der Waals surface area contributed by atoms with Crippen LogP contribution in [0.15, 0.2) is 134 Å². The van der Waals surface area contributed by atoms with Gasteiger partial charge in [0.15, 0.2) is 0 Å². The standard InChI is InChI=1S/C58H95NO3/c1-3-5-7-9-11-13-14-15-16-17-18-19-20-21-22-23-24-25-26-27-28-29-30-31-32-33-34-35-36-37-38-39-40-41-42-43-44-46-48-50-52-54-58(62)59-56(55-60)57(61)53-51-49-47-45-12-10-8-6-4-2/h5,7,11,13,15-16,18-19,21-22,24-25,27-28,30-31,33-34,36-37,51,53,56-57,60-61H,3-4,6,8-10,12,14,17,20,23,26,29,32,35,38-50,52,54-55H2,1-2H3,(H,59,62)/b7-5-,13-11-,16-15-,19-18-,22-21-,25-24-,28-27-,31-30-,34-33-,37-36-,53-51+. The van der Waals surface area contributed by atoms with Gasteiger partial charge in [0.2, 0.25) is 5.91 Å². The highest BCUT2D eigenvalue weighted by Gasteiger charge is 2.17. The molecule has 3 N–H and O–H groups in total. The molecule has 0 fully saturated rings. The lowest BCUT2D eigenvalue weighted by Crippen LogP contribution is -2.45. The van der Waals surface area contributed by atoms with Gasteiger partial charge in [-0.15, -0.1) is 0 Å². The van der Waals surface area contributed by atoms with Gasteiger partial charge in [0, 0.05) is 6.42 Å². The molecule has 0 spiro atoms. The van der Waals surface area contributed by atoms with Crippen molar-refractivity contribution in [3.05, 3.63) is 134 Å². The van der Waals surface area contributed by atoms with E-state index in [4.69, 9.17) is 0 Å². The number of allylic oxidation sites excluding steroid dienone is 21. The summed E-state index contributed by atoms with van der Waals surface area (Å²) in [7, 11) is 0. The van der Waals surface area contributed by atoms with Crippen LogP contribution >= 0.6 is 0 Å². The first-order valence-electron chi connectivity index (χ1n) is 25.4. The van der Waals surface area contributed by atoms with Gasteiger partial charge in [0.25, 0.3) is 0 Å². The number of hydrogen-bond donors (Lipinski definition) is 3. The molecular weight excluding hydrogens is 759 g/mol. The van der Waals surface area contributed by atoms with Crippen molar-refractivity contribution in [2.75, 3.05) is 6.61 Å². The number of amides is 1. The fourth-order valence-electron chi connectivity index (χ4n) is 6.79. The zero-order valence-corrected chi connectivity index (χ0v) is 40.1. The number of carbonyl (C=O) groups excluding carboxylic acids is 1. The van der Waals surface area contributed by atoms with Crippen LogP contribution in [0.3, 0.4) is 0 Å². The van der Waals surface area contributed by atoms with E-state index in [1.165, 1.54) is 96.3 Å². The molecule has 0 aliphatic rings. The second-order valence-corrected chi connectivity index (χ2v) is 16.5. The molecule has 350 valence electrons. The van der Waals surface area contributed by atoms with Crippen LogP contribution < -0.4 is 5.32 Å². The van der Waals surface area contributed by atoms with Gasteiger partial charge in [-0.2, -0.15) is 0 Å². The third kappa shape index (κ3) is 47.6. The lowest BCUT2D eigenvalue weighted by Gasteiger charge is -2.20. The van der Waals surface area contributed by atoms with Crippen molar-refractivity contribution < 1.29 is 15.0 Å². The summed E-state index contributed by atoms with van der Waals surface area (Å²) >= 11 is 0. The number of hydrogen-bond acceptors (Lipinski definition) is 3. The maximum atomic E-state index is 12.4. The molecule has 0 aliphatic carbocycles. The summed E-state index contributed by atoms with van der Waals surface area (Å²) in [5.41, 5.74) is 0. The van der Waals surface area contributed by atoms with E-state index < -0.39 is 12.1 Å². The number of unbranched alkanes of at least 4 members (excludes halogenated alkanes) is 17. The molecule has 2 atom stereocenters. The van der Waals surface area contributed by atoms with E-state index in [1.54, 1.807) is 6.08 Å². The molecule has 4 nitrogen and oxygen atoms in total. The van der Waals surface area contributed by atoms with Gasteiger partial charge in [-0.05, 0) is 96.3 Å². The fraction of sp³-hybridized carbons (Fsp3) is 0.603. The van der Waals surface area contributed by atoms with Crippen LogP contribution in [-0.2, 0) is 4.79 Å². The predicted molar refractivity (Wildman–Crippen MR) is 275 cm³/mol. The molecule has 0 aliphatic heterocycles. The lowest BCUT2D eigenvalue weighted by molar-refractivity contribution is -0.123. The molecule has 0 heterocycles. The van der Waals surface area contributed by atoms with Crippen LogP contribution in [0.25, 0.3) is 0 Å². The number of carbonyl (C=O) groups is 1. The van der Waals surface area contributed by atoms with Crippen LogP contribution in [0.5, 0.6) is 0 Å². The predicted octanol–water partition coefficient (Wildman–Crippen LogP) is 16.7. The Labute approximate surface area is 383 Å². The molecule has 0 saturated heterocycles. The third-order valence-corrected chi connectivity index (χ3v) is 10.6. The van der Waals surface area contributed by atoms with Gasteiger partial charge in [0.1, 0.15) is 0 Å². The first-order valence-corrected chi connectivity index (χ1v) is 25.4. The van der Waals surface area contributed by atoms with E-state index in [-0.39, 0.29) is 12.5 Å². The molecule has 0 bridgehead atoms. The van der Waals surface area contributed by atoms with E-state index in [1.807, 2.05) is 6.08 Å². The van der Waals surface area contributed by atoms with Crippen molar-refractivity contribution in [3.63, 3.8) is 0 Å². The van der Waals surface area contributed by atoms with E-state index in [2.05, 4.69) is 141 Å². The van der Waals surface area contributed by atoms with Gasteiger partial charge < -0.3 is 15.5 Å². The molecule has 1 amide bonds. The van der Waals surface area contributed by atoms with Gasteiger partial charge in [-0.1, -0.05) is 237 Å². The van der Waals surface area contributed by atoms with Crippen LogP contribution in [0.1, 0.15) is 206 Å². The molecule has 62 heavy (non-hydrogen) atoms. The first-order chi connectivity index (χ1) is 30.7. The van der Waals surface area contributed by atoms with Crippen molar-refractivity contribution in [3.8, 4) is 0 Å². The maximum Gasteiger partial charge on any atom is 0.220 e. The summed E-state index contributed by atoms with van der Waals surface area (Å²) in [6.45, 7) is 4.15. The third-order valence-electron chi connectivity index (χ3n) is 10.6. The average molecular weight is 854 g/mol. The topological polar surface area (TPSA) is 69.6 Å². The smallest absolute Gasteiger partial charge is 0.220 e. The van der Waals surface area contributed by atoms with Crippen LogP contribution in [0.2, 0.25) is 0 Å². The monoisotopic (exact) mass is 854 g/mol. The first kappa shape index (κ1) is 58.5. The number of aliphatic hydroxyl groups is 2. The number of rotatable bonds is 44. The van der Waals surface area contributed by atoms with Gasteiger partial charge in [0.05, 0.1) is 18.8 Å². The van der Waals surface area contributed by atoms with Crippen molar-refractivity contribution >= 4 is 5.91 Å². The Kier molecular flexibility index (Phi) is 49.0. The van der Waals surface area contributed by atoms with E-state index in [9.17, 15) is 15.0 Å². The van der Waals surface area contributed by atoms with E-state index in [0.717, 1.165) is 89.9 Å². The molecule has 0 aromatic carbocycles. The van der Waals surface area contributed by atoms with Crippen LogP contribution in [-0.4, -0.2) is 34.9 Å². The fourth-order valence-corrected chi connectivity index (χ4v) is 6.79. The number of nitrogens with one attached hydrogen (secondary N) is 1. The molecule has 0 saturated carbocycles. The van der Waals surface area contributed by atoms with Crippen molar-refractivity contribution in [2.24, 2.45) is 0 Å². The second-order valence-electron chi connectivity index (χ2n) is 16.5. The van der Waals surface area contributed by atoms with Crippen LogP contribution in [0, 0.1) is 0 Å². The Balaban J connectivity index is 3.61. The highest BCUT2D eigenvalue weighted by Crippen LogP contribution is 2.13.